The largest absolute Gasteiger partial charge is 0.483 e. The molecule has 6 nitrogen and oxygen atoms in total. The summed E-state index contributed by atoms with van der Waals surface area (Å²) < 4.78 is 41.0. The summed E-state index contributed by atoms with van der Waals surface area (Å²) in [6.07, 6.45) is 0.345. The van der Waals surface area contributed by atoms with Gasteiger partial charge in [0.2, 0.25) is 5.91 Å². The van der Waals surface area contributed by atoms with Gasteiger partial charge in [0, 0.05) is 18.0 Å². The van der Waals surface area contributed by atoms with Gasteiger partial charge in [-0.1, -0.05) is 0 Å². The first-order chi connectivity index (χ1) is 12.8. The normalized spacial score (nSPS) is 12.7. The maximum absolute atomic E-state index is 12.3. The number of rotatable bonds is 6. The van der Waals surface area contributed by atoms with Gasteiger partial charge in [0.25, 0.3) is 0 Å². The van der Waals surface area contributed by atoms with Crippen LogP contribution < -0.4 is 10.1 Å². The quantitative estimate of drug-likeness (QED) is 0.690. The lowest BCUT2D eigenvalue weighted by Crippen LogP contribution is -2.28. The zero-order valence-corrected chi connectivity index (χ0v) is 14.4. The number of carbonyl (C=O) groups is 1. The number of ether oxygens (including phenoxy) is 1. The number of aromatic amines is 1. The van der Waals surface area contributed by atoms with E-state index in [0.29, 0.717) is 5.69 Å². The first-order valence-electron chi connectivity index (χ1n) is 8.17. The van der Waals surface area contributed by atoms with Crippen LogP contribution in [0, 0.1) is 0 Å². The number of alkyl halides is 3. The highest BCUT2D eigenvalue weighted by Crippen LogP contribution is 2.20. The second kappa shape index (κ2) is 7.65. The molecule has 9 heteroatoms. The van der Waals surface area contributed by atoms with E-state index < -0.39 is 18.8 Å². The standard InChI is InChI=1S/C18H17F3N4O2/c1-11(14-5-4-13(9-24-14)27-10-18(19,20)21)25-16(26)7-12-8-23-15-3-2-6-22-17(12)15/h2-6,8-9,11,23H,7,10H2,1H3,(H,25,26)/t11-/m1/s1. The number of nitrogens with zero attached hydrogens (tertiary/aromatic N) is 2. The number of hydrogen-bond donors (Lipinski definition) is 2. The van der Waals surface area contributed by atoms with Crippen molar-refractivity contribution in [2.75, 3.05) is 6.61 Å². The minimum atomic E-state index is -4.41. The van der Waals surface area contributed by atoms with Gasteiger partial charge in [0.05, 0.1) is 35.4 Å². The Hall–Kier alpha value is -3.10. The zero-order chi connectivity index (χ0) is 19.4. The predicted octanol–water partition coefficient (Wildman–Crippen LogP) is 3.32. The number of hydrogen-bond acceptors (Lipinski definition) is 4. The molecule has 1 amide bonds. The van der Waals surface area contributed by atoms with Crippen molar-refractivity contribution in [3.05, 3.63) is 54.1 Å². The predicted molar refractivity (Wildman–Crippen MR) is 92.1 cm³/mol. The van der Waals surface area contributed by atoms with E-state index in [1.807, 2.05) is 6.07 Å². The van der Waals surface area contributed by atoms with Gasteiger partial charge >= 0.3 is 6.18 Å². The molecule has 3 aromatic rings. The maximum atomic E-state index is 12.3. The molecule has 3 rings (SSSR count). The fourth-order valence-electron chi connectivity index (χ4n) is 2.58. The van der Waals surface area contributed by atoms with Crippen molar-refractivity contribution in [3.8, 4) is 5.75 Å². The fourth-order valence-corrected chi connectivity index (χ4v) is 2.58. The molecule has 0 unspecified atom stereocenters. The molecule has 142 valence electrons. The van der Waals surface area contributed by atoms with Crippen LogP contribution in [-0.2, 0) is 11.2 Å². The molecule has 0 radical (unpaired) electrons. The van der Waals surface area contributed by atoms with Crippen LogP contribution in [0.4, 0.5) is 13.2 Å². The molecule has 0 aliphatic heterocycles. The summed E-state index contributed by atoms with van der Waals surface area (Å²) in [6.45, 7) is 0.364. The van der Waals surface area contributed by atoms with Gasteiger partial charge in [-0.05, 0) is 31.2 Å². The van der Waals surface area contributed by atoms with Crippen molar-refractivity contribution in [1.82, 2.24) is 20.3 Å². The SMILES string of the molecule is C[C@@H](NC(=O)Cc1c[nH]c2cccnc12)c1ccc(OCC(F)(F)F)cn1. The first-order valence-corrected chi connectivity index (χ1v) is 8.17. The summed E-state index contributed by atoms with van der Waals surface area (Å²) in [4.78, 5) is 23.7. The number of nitrogens with one attached hydrogen (secondary N) is 2. The Kier molecular flexibility index (Phi) is 5.29. The molecule has 0 aromatic carbocycles. The van der Waals surface area contributed by atoms with E-state index in [0.717, 1.165) is 16.6 Å². The maximum Gasteiger partial charge on any atom is 0.422 e. The molecule has 0 aliphatic carbocycles. The van der Waals surface area contributed by atoms with Gasteiger partial charge in [-0.15, -0.1) is 0 Å². The van der Waals surface area contributed by atoms with Crippen molar-refractivity contribution in [1.29, 1.82) is 0 Å². The number of aromatic nitrogens is 3. The van der Waals surface area contributed by atoms with E-state index in [4.69, 9.17) is 0 Å². The number of amides is 1. The molecule has 0 bridgehead atoms. The second-order valence-corrected chi connectivity index (χ2v) is 6.00. The highest BCUT2D eigenvalue weighted by Gasteiger charge is 2.28. The van der Waals surface area contributed by atoms with Crippen LogP contribution in [-0.4, -0.2) is 33.6 Å². The average molecular weight is 378 g/mol. The third-order valence-corrected chi connectivity index (χ3v) is 3.85. The van der Waals surface area contributed by atoms with Crippen LogP contribution in [0.2, 0.25) is 0 Å². The van der Waals surface area contributed by atoms with Crippen LogP contribution in [0.5, 0.6) is 5.75 Å². The molecule has 0 aliphatic rings. The van der Waals surface area contributed by atoms with E-state index in [9.17, 15) is 18.0 Å². The zero-order valence-electron chi connectivity index (χ0n) is 14.4. The minimum Gasteiger partial charge on any atom is -0.483 e. The Balaban J connectivity index is 1.58. The number of halogens is 3. The van der Waals surface area contributed by atoms with E-state index in [1.54, 1.807) is 25.4 Å². The Morgan fingerprint density at radius 2 is 2.11 bits per heavy atom. The van der Waals surface area contributed by atoms with Gasteiger partial charge in [0.1, 0.15) is 5.75 Å². The Bertz CT molecular complexity index is 922. The van der Waals surface area contributed by atoms with E-state index in [-0.39, 0.29) is 18.1 Å². The number of fused-ring (bicyclic) bond motifs is 1. The van der Waals surface area contributed by atoms with Crippen LogP contribution in [0.15, 0.2) is 42.9 Å². The molecule has 0 spiro atoms. The molecule has 0 saturated heterocycles. The summed E-state index contributed by atoms with van der Waals surface area (Å²) in [5, 5.41) is 2.81. The number of H-pyrrole nitrogens is 1. The minimum absolute atomic E-state index is 0.0134. The lowest BCUT2D eigenvalue weighted by atomic mass is 10.1. The Morgan fingerprint density at radius 3 is 2.81 bits per heavy atom. The topological polar surface area (TPSA) is 79.9 Å². The molecule has 27 heavy (non-hydrogen) atoms. The van der Waals surface area contributed by atoms with Crippen molar-refractivity contribution in [3.63, 3.8) is 0 Å². The molecule has 3 aromatic heterocycles. The highest BCUT2D eigenvalue weighted by atomic mass is 19.4. The summed E-state index contributed by atoms with van der Waals surface area (Å²) in [5.41, 5.74) is 2.88. The van der Waals surface area contributed by atoms with Crippen molar-refractivity contribution < 1.29 is 22.7 Å². The van der Waals surface area contributed by atoms with Gasteiger partial charge < -0.3 is 15.0 Å². The lowest BCUT2D eigenvalue weighted by Gasteiger charge is -2.14. The van der Waals surface area contributed by atoms with E-state index in [1.165, 1.54) is 18.3 Å². The third kappa shape index (κ3) is 4.96. The smallest absolute Gasteiger partial charge is 0.422 e. The summed E-state index contributed by atoms with van der Waals surface area (Å²) >= 11 is 0. The summed E-state index contributed by atoms with van der Waals surface area (Å²) in [6, 6.07) is 6.17. The van der Waals surface area contributed by atoms with Crippen LogP contribution in [0.25, 0.3) is 11.0 Å². The van der Waals surface area contributed by atoms with E-state index >= 15 is 0 Å². The fraction of sp³-hybridized carbons (Fsp3) is 0.278. The van der Waals surface area contributed by atoms with Crippen LogP contribution in [0.3, 0.4) is 0 Å². The molecule has 0 saturated carbocycles. The monoisotopic (exact) mass is 378 g/mol. The van der Waals surface area contributed by atoms with Gasteiger partial charge in [0.15, 0.2) is 6.61 Å². The molecular weight excluding hydrogens is 361 g/mol. The molecule has 1 atom stereocenters. The summed E-state index contributed by atoms with van der Waals surface area (Å²) in [7, 11) is 0. The lowest BCUT2D eigenvalue weighted by molar-refractivity contribution is -0.153. The Morgan fingerprint density at radius 1 is 1.30 bits per heavy atom. The van der Waals surface area contributed by atoms with Crippen LogP contribution in [0.1, 0.15) is 24.2 Å². The van der Waals surface area contributed by atoms with Crippen molar-refractivity contribution >= 4 is 16.9 Å². The average Bonchev–Trinajstić information content (AvgIpc) is 3.03. The number of carbonyl (C=O) groups excluding carboxylic acids is 1. The van der Waals surface area contributed by atoms with Crippen LogP contribution >= 0.6 is 0 Å². The van der Waals surface area contributed by atoms with Gasteiger partial charge in [-0.2, -0.15) is 13.2 Å². The Labute approximate surface area is 152 Å². The second-order valence-electron chi connectivity index (χ2n) is 6.00. The third-order valence-electron chi connectivity index (χ3n) is 3.85. The first kappa shape index (κ1) is 18.7. The molecular formula is C18H17F3N4O2. The number of pyridine rings is 2. The summed E-state index contributed by atoms with van der Waals surface area (Å²) in [5.74, 6) is -0.201. The highest BCUT2D eigenvalue weighted by molar-refractivity contribution is 5.86. The van der Waals surface area contributed by atoms with Gasteiger partial charge in [-0.25, -0.2) is 0 Å². The molecule has 0 fully saturated rings. The molecule has 3 heterocycles. The van der Waals surface area contributed by atoms with Gasteiger partial charge in [-0.3, -0.25) is 14.8 Å². The van der Waals surface area contributed by atoms with Crippen molar-refractivity contribution in [2.24, 2.45) is 0 Å². The van der Waals surface area contributed by atoms with E-state index in [2.05, 4.69) is 25.0 Å². The molecule has 2 N–H and O–H groups in total. The van der Waals surface area contributed by atoms with Crippen molar-refractivity contribution in [2.45, 2.75) is 25.6 Å².